The summed E-state index contributed by atoms with van der Waals surface area (Å²) in [7, 11) is 0. The lowest BCUT2D eigenvalue weighted by Crippen LogP contribution is -2.51. The third kappa shape index (κ3) is 4.56. The van der Waals surface area contributed by atoms with Crippen LogP contribution in [0.3, 0.4) is 0 Å². The zero-order valence-corrected chi connectivity index (χ0v) is 18.0. The van der Waals surface area contributed by atoms with E-state index in [1.807, 2.05) is 6.92 Å². The van der Waals surface area contributed by atoms with E-state index in [0.29, 0.717) is 43.2 Å². The molecule has 166 valence electrons. The van der Waals surface area contributed by atoms with Gasteiger partial charge in [0.25, 0.3) is 11.8 Å². The number of hydrogen-bond acceptors (Lipinski definition) is 6. The van der Waals surface area contributed by atoms with Crippen LogP contribution in [0.15, 0.2) is 51.6 Å². The second-order valence-electron chi connectivity index (χ2n) is 7.66. The van der Waals surface area contributed by atoms with Crippen molar-refractivity contribution in [1.82, 2.24) is 15.0 Å². The number of anilines is 1. The fourth-order valence-electron chi connectivity index (χ4n) is 3.69. The molecule has 1 fully saturated rings. The summed E-state index contributed by atoms with van der Waals surface area (Å²) >= 11 is 0. The van der Waals surface area contributed by atoms with E-state index in [0.717, 1.165) is 11.3 Å². The molecule has 32 heavy (non-hydrogen) atoms. The highest BCUT2D eigenvalue weighted by atomic mass is 16.5. The van der Waals surface area contributed by atoms with Gasteiger partial charge < -0.3 is 24.1 Å². The molecule has 3 amide bonds. The van der Waals surface area contributed by atoms with Crippen LogP contribution in [0.5, 0.6) is 0 Å². The molecule has 9 heteroatoms. The number of aryl methyl sites for hydroxylation is 2. The number of carbonyl (C=O) groups excluding carboxylic acids is 3. The van der Waals surface area contributed by atoms with E-state index in [2.05, 4.69) is 10.5 Å². The van der Waals surface area contributed by atoms with Gasteiger partial charge in [0.15, 0.2) is 5.76 Å². The first-order valence-corrected chi connectivity index (χ1v) is 10.4. The summed E-state index contributed by atoms with van der Waals surface area (Å²) in [6.45, 7) is 5.42. The highest BCUT2D eigenvalue weighted by Gasteiger charge is 2.26. The van der Waals surface area contributed by atoms with Crippen molar-refractivity contribution in [1.29, 1.82) is 0 Å². The lowest BCUT2D eigenvalue weighted by Gasteiger charge is -2.35. The molecule has 1 aromatic carbocycles. The van der Waals surface area contributed by atoms with Gasteiger partial charge >= 0.3 is 0 Å². The Hall–Kier alpha value is -3.88. The van der Waals surface area contributed by atoms with Crippen LogP contribution in [0.4, 0.5) is 5.69 Å². The molecule has 0 unspecified atom stereocenters. The van der Waals surface area contributed by atoms with Crippen LogP contribution in [0.1, 0.15) is 37.9 Å². The second kappa shape index (κ2) is 9.09. The summed E-state index contributed by atoms with van der Waals surface area (Å²) in [5.74, 6) is 0.318. The van der Waals surface area contributed by atoms with Crippen molar-refractivity contribution in [2.45, 2.75) is 20.3 Å². The Morgan fingerprint density at radius 3 is 2.44 bits per heavy atom. The molecule has 9 nitrogen and oxygen atoms in total. The Labute approximate surface area is 185 Å². The van der Waals surface area contributed by atoms with Gasteiger partial charge in [0.1, 0.15) is 5.76 Å². The molecule has 0 atom stereocenters. The molecular formula is C23H24N4O5. The number of benzene rings is 1. The van der Waals surface area contributed by atoms with E-state index in [9.17, 15) is 14.4 Å². The molecule has 1 N–H and O–H groups in total. The Bertz CT molecular complexity index is 1110. The lowest BCUT2D eigenvalue weighted by molar-refractivity contribution is -0.131. The third-order valence-corrected chi connectivity index (χ3v) is 5.54. The number of carbonyl (C=O) groups is 3. The summed E-state index contributed by atoms with van der Waals surface area (Å²) in [6, 6.07) is 9.97. The topological polar surface area (TPSA) is 109 Å². The number of piperazine rings is 1. The first kappa shape index (κ1) is 21.4. The predicted molar refractivity (Wildman–Crippen MR) is 115 cm³/mol. The SMILES string of the molecule is Cc1noc(C)c1CC(=O)N1CCN(C(=O)c2cccc(NC(=O)c3ccco3)c2)CC1. The van der Waals surface area contributed by atoms with Crippen LogP contribution < -0.4 is 5.32 Å². The van der Waals surface area contributed by atoms with E-state index in [1.165, 1.54) is 6.26 Å². The third-order valence-electron chi connectivity index (χ3n) is 5.54. The van der Waals surface area contributed by atoms with E-state index in [1.54, 1.807) is 53.1 Å². The van der Waals surface area contributed by atoms with Crippen molar-refractivity contribution in [2.24, 2.45) is 0 Å². The molecule has 3 aromatic rings. The number of amides is 3. The maximum Gasteiger partial charge on any atom is 0.291 e. The average molecular weight is 436 g/mol. The minimum atomic E-state index is -0.384. The molecule has 0 spiro atoms. The first-order valence-electron chi connectivity index (χ1n) is 10.4. The molecule has 1 aliphatic heterocycles. The number of furan rings is 1. The van der Waals surface area contributed by atoms with Crippen LogP contribution in [-0.4, -0.2) is 58.9 Å². The van der Waals surface area contributed by atoms with Gasteiger partial charge in [-0.2, -0.15) is 0 Å². The Kier molecular flexibility index (Phi) is 6.07. The second-order valence-corrected chi connectivity index (χ2v) is 7.66. The monoisotopic (exact) mass is 436 g/mol. The van der Waals surface area contributed by atoms with Crippen molar-refractivity contribution in [3.05, 3.63) is 71.0 Å². The van der Waals surface area contributed by atoms with Crippen LogP contribution in [0.25, 0.3) is 0 Å². The van der Waals surface area contributed by atoms with Gasteiger partial charge in [0.2, 0.25) is 5.91 Å². The van der Waals surface area contributed by atoms with E-state index in [-0.39, 0.29) is 29.9 Å². The fourth-order valence-corrected chi connectivity index (χ4v) is 3.69. The van der Waals surface area contributed by atoms with E-state index < -0.39 is 0 Å². The van der Waals surface area contributed by atoms with Crippen molar-refractivity contribution in [3.63, 3.8) is 0 Å². The van der Waals surface area contributed by atoms with Gasteiger partial charge in [-0.25, -0.2) is 0 Å². The minimum absolute atomic E-state index is 0.00543. The normalized spacial score (nSPS) is 13.8. The lowest BCUT2D eigenvalue weighted by atomic mass is 10.1. The minimum Gasteiger partial charge on any atom is -0.459 e. The Balaban J connectivity index is 1.34. The molecule has 0 aliphatic carbocycles. The number of hydrogen-bond donors (Lipinski definition) is 1. The molecular weight excluding hydrogens is 412 g/mol. The summed E-state index contributed by atoms with van der Waals surface area (Å²) in [6.07, 6.45) is 1.67. The predicted octanol–water partition coefficient (Wildman–Crippen LogP) is 2.66. The van der Waals surface area contributed by atoms with Crippen LogP contribution in [0, 0.1) is 13.8 Å². The first-order chi connectivity index (χ1) is 15.4. The Morgan fingerprint density at radius 1 is 1.03 bits per heavy atom. The average Bonchev–Trinajstić information content (AvgIpc) is 3.45. The van der Waals surface area contributed by atoms with Crippen LogP contribution in [0.2, 0.25) is 0 Å². The number of rotatable bonds is 5. The summed E-state index contributed by atoms with van der Waals surface area (Å²) < 4.78 is 10.2. The molecule has 4 rings (SSSR count). The van der Waals surface area contributed by atoms with Gasteiger partial charge in [0, 0.05) is 43.0 Å². The molecule has 3 heterocycles. The summed E-state index contributed by atoms with van der Waals surface area (Å²) in [4.78, 5) is 41.3. The molecule has 1 aliphatic rings. The smallest absolute Gasteiger partial charge is 0.291 e. The maximum absolute atomic E-state index is 13.0. The number of nitrogens with one attached hydrogen (secondary N) is 1. The quantitative estimate of drug-likeness (QED) is 0.659. The van der Waals surface area contributed by atoms with Gasteiger partial charge in [0.05, 0.1) is 18.4 Å². The molecule has 2 aromatic heterocycles. The number of nitrogens with zero attached hydrogens (tertiary/aromatic N) is 3. The fraction of sp³-hybridized carbons (Fsp3) is 0.304. The van der Waals surface area contributed by atoms with Crippen LogP contribution in [-0.2, 0) is 11.2 Å². The molecule has 0 saturated carbocycles. The zero-order valence-electron chi connectivity index (χ0n) is 18.0. The summed E-state index contributed by atoms with van der Waals surface area (Å²) in [5.41, 5.74) is 2.52. The van der Waals surface area contributed by atoms with Gasteiger partial charge in [-0.15, -0.1) is 0 Å². The molecule has 0 radical (unpaired) electrons. The highest BCUT2D eigenvalue weighted by molar-refractivity contribution is 6.03. The van der Waals surface area contributed by atoms with Gasteiger partial charge in [-0.1, -0.05) is 11.2 Å². The summed E-state index contributed by atoms with van der Waals surface area (Å²) in [5, 5.41) is 6.62. The zero-order chi connectivity index (χ0) is 22.7. The van der Waals surface area contributed by atoms with Crippen molar-refractivity contribution >= 4 is 23.4 Å². The highest BCUT2D eigenvalue weighted by Crippen LogP contribution is 2.17. The maximum atomic E-state index is 13.0. The van der Waals surface area contributed by atoms with Gasteiger partial charge in [-0.05, 0) is 44.2 Å². The van der Waals surface area contributed by atoms with Gasteiger partial charge in [-0.3, -0.25) is 14.4 Å². The Morgan fingerprint density at radius 2 is 1.78 bits per heavy atom. The standard InChI is InChI=1S/C23H24N4O5/c1-15-19(16(2)32-25-15)14-21(28)26-8-10-27(11-9-26)23(30)17-5-3-6-18(13-17)24-22(29)20-7-4-12-31-20/h3-7,12-13H,8-11,14H2,1-2H3,(H,24,29). The van der Waals surface area contributed by atoms with E-state index >= 15 is 0 Å². The molecule has 0 bridgehead atoms. The largest absolute Gasteiger partial charge is 0.459 e. The van der Waals surface area contributed by atoms with Crippen LogP contribution >= 0.6 is 0 Å². The molecule has 1 saturated heterocycles. The van der Waals surface area contributed by atoms with E-state index in [4.69, 9.17) is 8.94 Å². The van der Waals surface area contributed by atoms with Crippen molar-refractivity contribution in [3.8, 4) is 0 Å². The van der Waals surface area contributed by atoms with Crippen molar-refractivity contribution < 1.29 is 23.3 Å². The van der Waals surface area contributed by atoms with Crippen molar-refractivity contribution in [2.75, 3.05) is 31.5 Å². The number of aromatic nitrogens is 1.